The normalized spacial score (nSPS) is 11.1. The lowest BCUT2D eigenvalue weighted by atomic mass is 10.0. The van der Waals surface area contributed by atoms with E-state index < -0.39 is 11.7 Å². The van der Waals surface area contributed by atoms with Crippen LogP contribution in [0.3, 0.4) is 0 Å². The van der Waals surface area contributed by atoms with Gasteiger partial charge in [-0.3, -0.25) is 4.68 Å². The van der Waals surface area contributed by atoms with Crippen LogP contribution in [0, 0.1) is 11.3 Å². The van der Waals surface area contributed by atoms with E-state index >= 15 is 0 Å². The van der Waals surface area contributed by atoms with Crippen LogP contribution in [-0.2, 0) is 12.7 Å². The summed E-state index contributed by atoms with van der Waals surface area (Å²) in [5, 5.41) is 12.5. The molecule has 6 heteroatoms. The zero-order chi connectivity index (χ0) is 14.8. The molecule has 0 bridgehead atoms. The Balaban J connectivity index is 2.47. The molecule has 0 aliphatic carbocycles. The lowest BCUT2D eigenvalue weighted by Gasteiger charge is -2.11. The highest BCUT2D eigenvalue weighted by atomic mass is 19.4. The lowest BCUT2D eigenvalue weighted by Crippen LogP contribution is -2.07. The molecule has 3 nitrogen and oxygen atoms in total. The summed E-state index contributed by atoms with van der Waals surface area (Å²) in [7, 11) is 0. The molecule has 0 amide bonds. The van der Waals surface area contributed by atoms with Crippen LogP contribution in [0.15, 0.2) is 37.2 Å². The van der Waals surface area contributed by atoms with Crippen molar-refractivity contribution in [1.82, 2.24) is 9.78 Å². The third-order valence-corrected chi connectivity index (χ3v) is 2.78. The Kier molecular flexibility index (Phi) is 3.61. The van der Waals surface area contributed by atoms with Crippen LogP contribution < -0.4 is 0 Å². The number of nitrogens with zero attached hydrogens (tertiary/aromatic N) is 3. The van der Waals surface area contributed by atoms with Crippen LogP contribution in [0.25, 0.3) is 17.2 Å². The Labute approximate surface area is 113 Å². The summed E-state index contributed by atoms with van der Waals surface area (Å²) in [6.45, 7) is 3.44. The molecule has 0 atom stereocenters. The van der Waals surface area contributed by atoms with Gasteiger partial charge in [0.2, 0.25) is 0 Å². The molecule has 0 saturated carbocycles. The number of aromatic nitrogens is 2. The van der Waals surface area contributed by atoms with Crippen molar-refractivity contribution >= 4 is 6.08 Å². The molecule has 0 N–H and O–H groups in total. The minimum Gasteiger partial charge on any atom is -0.258 e. The molecule has 0 radical (unpaired) electrons. The quantitative estimate of drug-likeness (QED) is 0.857. The van der Waals surface area contributed by atoms with E-state index in [4.69, 9.17) is 5.26 Å². The van der Waals surface area contributed by atoms with Gasteiger partial charge in [0.1, 0.15) is 6.54 Å². The standard InChI is InChI=1S/C14H10F3N3/c1-2-10-3-4-11(7-13(10)14(15,16)17)12-8-19-20(9-12)6-5-18/h2-4,7-9H,1,6H2. The second-order valence-electron chi connectivity index (χ2n) is 4.09. The summed E-state index contributed by atoms with van der Waals surface area (Å²) in [6.07, 6.45) is -0.305. The smallest absolute Gasteiger partial charge is 0.258 e. The van der Waals surface area contributed by atoms with Gasteiger partial charge in [0.05, 0.1) is 17.8 Å². The first-order chi connectivity index (χ1) is 9.45. The molecule has 0 aliphatic heterocycles. The van der Waals surface area contributed by atoms with Gasteiger partial charge in [-0.1, -0.05) is 24.8 Å². The van der Waals surface area contributed by atoms with Gasteiger partial charge in [-0.15, -0.1) is 0 Å². The molecule has 0 unspecified atom stereocenters. The van der Waals surface area contributed by atoms with E-state index in [0.717, 1.165) is 6.07 Å². The maximum atomic E-state index is 12.9. The van der Waals surface area contributed by atoms with Gasteiger partial charge in [-0.25, -0.2) is 0 Å². The van der Waals surface area contributed by atoms with Crippen LogP contribution in [-0.4, -0.2) is 9.78 Å². The monoisotopic (exact) mass is 277 g/mol. The van der Waals surface area contributed by atoms with Crippen molar-refractivity contribution in [2.24, 2.45) is 0 Å². The van der Waals surface area contributed by atoms with E-state index in [1.165, 1.54) is 29.2 Å². The fourth-order valence-corrected chi connectivity index (χ4v) is 1.83. The van der Waals surface area contributed by atoms with Gasteiger partial charge in [0, 0.05) is 11.8 Å². The fraction of sp³-hybridized carbons (Fsp3) is 0.143. The van der Waals surface area contributed by atoms with Gasteiger partial charge in [0.25, 0.3) is 0 Å². The fourth-order valence-electron chi connectivity index (χ4n) is 1.83. The summed E-state index contributed by atoms with van der Waals surface area (Å²) < 4.78 is 40.2. The number of rotatable bonds is 3. The summed E-state index contributed by atoms with van der Waals surface area (Å²) in [4.78, 5) is 0. The third-order valence-electron chi connectivity index (χ3n) is 2.78. The third kappa shape index (κ3) is 2.72. The summed E-state index contributed by atoms with van der Waals surface area (Å²) in [6, 6.07) is 5.91. The highest BCUT2D eigenvalue weighted by Crippen LogP contribution is 2.35. The van der Waals surface area contributed by atoms with Crippen molar-refractivity contribution in [3.63, 3.8) is 0 Å². The van der Waals surface area contributed by atoms with Crippen LogP contribution in [0.1, 0.15) is 11.1 Å². The topological polar surface area (TPSA) is 41.6 Å². The number of alkyl halides is 3. The highest BCUT2D eigenvalue weighted by molar-refractivity contribution is 5.67. The lowest BCUT2D eigenvalue weighted by molar-refractivity contribution is -0.137. The Morgan fingerprint density at radius 3 is 2.70 bits per heavy atom. The predicted molar refractivity (Wildman–Crippen MR) is 68.4 cm³/mol. The molecule has 0 fully saturated rings. The van der Waals surface area contributed by atoms with Crippen molar-refractivity contribution in [2.45, 2.75) is 12.7 Å². The van der Waals surface area contributed by atoms with Crippen molar-refractivity contribution < 1.29 is 13.2 Å². The SMILES string of the molecule is C=Cc1ccc(-c2cnn(CC#N)c2)cc1C(F)(F)F. The minimum atomic E-state index is -4.44. The zero-order valence-electron chi connectivity index (χ0n) is 10.4. The number of nitriles is 1. The zero-order valence-corrected chi connectivity index (χ0v) is 10.4. The molecule has 0 aliphatic rings. The van der Waals surface area contributed by atoms with Crippen molar-refractivity contribution in [1.29, 1.82) is 5.26 Å². The van der Waals surface area contributed by atoms with Crippen LogP contribution in [0.2, 0.25) is 0 Å². The number of hydrogen-bond donors (Lipinski definition) is 0. The predicted octanol–water partition coefficient (Wildman–Crippen LogP) is 3.74. The van der Waals surface area contributed by atoms with E-state index in [2.05, 4.69) is 11.7 Å². The molecule has 2 aromatic rings. The highest BCUT2D eigenvalue weighted by Gasteiger charge is 2.33. The van der Waals surface area contributed by atoms with E-state index in [1.807, 2.05) is 6.07 Å². The second-order valence-corrected chi connectivity index (χ2v) is 4.09. The Hall–Kier alpha value is -2.55. The van der Waals surface area contributed by atoms with Crippen LogP contribution in [0.5, 0.6) is 0 Å². The molecule has 20 heavy (non-hydrogen) atoms. The van der Waals surface area contributed by atoms with E-state index in [1.54, 1.807) is 6.07 Å². The number of hydrogen-bond acceptors (Lipinski definition) is 2. The number of benzene rings is 1. The van der Waals surface area contributed by atoms with Crippen LogP contribution >= 0.6 is 0 Å². The summed E-state index contributed by atoms with van der Waals surface area (Å²) in [5.74, 6) is 0. The molecule has 0 spiro atoms. The molecule has 102 valence electrons. The first kappa shape index (κ1) is 13.9. The average Bonchev–Trinajstić information content (AvgIpc) is 2.86. The summed E-state index contributed by atoms with van der Waals surface area (Å²) >= 11 is 0. The van der Waals surface area contributed by atoms with E-state index in [-0.39, 0.29) is 12.1 Å². The molecule has 1 heterocycles. The Bertz CT molecular complexity index is 678. The molecule has 1 aromatic carbocycles. The molecule has 1 aromatic heterocycles. The van der Waals surface area contributed by atoms with Gasteiger partial charge >= 0.3 is 6.18 Å². The van der Waals surface area contributed by atoms with E-state index in [9.17, 15) is 13.2 Å². The van der Waals surface area contributed by atoms with Gasteiger partial charge in [-0.2, -0.15) is 23.5 Å². The average molecular weight is 277 g/mol. The van der Waals surface area contributed by atoms with Crippen molar-refractivity contribution in [3.8, 4) is 17.2 Å². The van der Waals surface area contributed by atoms with Gasteiger partial charge in [0.15, 0.2) is 0 Å². The molecule has 2 rings (SSSR count). The second kappa shape index (κ2) is 5.21. The van der Waals surface area contributed by atoms with Crippen LogP contribution in [0.4, 0.5) is 13.2 Å². The molecular formula is C14H10F3N3. The van der Waals surface area contributed by atoms with Crippen molar-refractivity contribution in [3.05, 3.63) is 48.3 Å². The molecular weight excluding hydrogens is 267 g/mol. The number of halogens is 3. The first-order valence-corrected chi connectivity index (χ1v) is 5.69. The Morgan fingerprint density at radius 1 is 1.35 bits per heavy atom. The minimum absolute atomic E-state index is 0.0330. The maximum Gasteiger partial charge on any atom is 0.417 e. The maximum absolute atomic E-state index is 12.9. The van der Waals surface area contributed by atoms with Gasteiger partial charge < -0.3 is 0 Å². The van der Waals surface area contributed by atoms with Gasteiger partial charge in [-0.05, 0) is 17.2 Å². The Morgan fingerprint density at radius 2 is 2.10 bits per heavy atom. The first-order valence-electron chi connectivity index (χ1n) is 5.69. The summed E-state index contributed by atoms with van der Waals surface area (Å²) in [5.41, 5.74) is 0.220. The van der Waals surface area contributed by atoms with Crippen molar-refractivity contribution in [2.75, 3.05) is 0 Å². The largest absolute Gasteiger partial charge is 0.417 e. The van der Waals surface area contributed by atoms with E-state index in [0.29, 0.717) is 11.1 Å². The molecule has 0 saturated heterocycles.